The Hall–Kier alpha value is -4.46. The molecule has 4 aromatic rings. The summed E-state index contributed by atoms with van der Waals surface area (Å²) < 4.78 is 24.7. The average molecular weight is 485 g/mol. The van der Waals surface area contributed by atoms with E-state index < -0.39 is 6.04 Å². The SMILES string of the molecule is CCOc1ccc(C2NC(=O)N(c3cccc(C)c3)C(C)=C2c2nc(-c3ccc(F)cc3)no2)cc1. The van der Waals surface area contributed by atoms with Crippen molar-refractivity contribution in [3.05, 3.63) is 101 Å². The van der Waals surface area contributed by atoms with Crippen molar-refractivity contribution in [1.82, 2.24) is 15.5 Å². The zero-order valence-corrected chi connectivity index (χ0v) is 20.2. The van der Waals surface area contributed by atoms with Gasteiger partial charge >= 0.3 is 6.03 Å². The molecule has 5 rings (SSSR count). The third-order valence-corrected chi connectivity index (χ3v) is 6.03. The number of hydrogen-bond donors (Lipinski definition) is 1. The van der Waals surface area contributed by atoms with E-state index in [1.54, 1.807) is 17.0 Å². The van der Waals surface area contributed by atoms with E-state index in [0.717, 1.165) is 22.6 Å². The highest BCUT2D eigenvalue weighted by Gasteiger charge is 2.36. The van der Waals surface area contributed by atoms with Gasteiger partial charge in [0.25, 0.3) is 5.89 Å². The number of allylic oxidation sites excluding steroid dienone is 1. The van der Waals surface area contributed by atoms with Crippen LogP contribution in [0.4, 0.5) is 14.9 Å². The number of carbonyl (C=O) groups is 1. The largest absolute Gasteiger partial charge is 0.494 e. The molecule has 7 nitrogen and oxygen atoms in total. The third kappa shape index (κ3) is 4.45. The van der Waals surface area contributed by atoms with Crippen LogP contribution < -0.4 is 15.0 Å². The molecule has 3 aromatic carbocycles. The Kier molecular flexibility index (Phi) is 6.25. The first-order chi connectivity index (χ1) is 17.4. The summed E-state index contributed by atoms with van der Waals surface area (Å²) in [5.74, 6) is 0.988. The Bertz CT molecular complexity index is 1430. The number of nitrogens with one attached hydrogen (secondary N) is 1. The minimum atomic E-state index is -0.532. The third-order valence-electron chi connectivity index (χ3n) is 6.03. The molecule has 2 amide bonds. The summed E-state index contributed by atoms with van der Waals surface area (Å²) in [6, 6.07) is 20.3. The van der Waals surface area contributed by atoms with Gasteiger partial charge in [0.15, 0.2) is 0 Å². The lowest BCUT2D eigenvalue weighted by atomic mass is 9.94. The lowest BCUT2D eigenvalue weighted by Gasteiger charge is -2.35. The Morgan fingerprint density at radius 3 is 2.50 bits per heavy atom. The van der Waals surface area contributed by atoms with E-state index in [9.17, 15) is 9.18 Å². The second-order valence-electron chi connectivity index (χ2n) is 8.49. The van der Waals surface area contributed by atoms with Crippen molar-refractivity contribution >= 4 is 17.3 Å². The fourth-order valence-electron chi connectivity index (χ4n) is 4.32. The number of amides is 2. The van der Waals surface area contributed by atoms with E-state index in [1.807, 2.05) is 69.3 Å². The normalized spacial score (nSPS) is 15.7. The van der Waals surface area contributed by atoms with Crippen LogP contribution in [0.15, 0.2) is 83.0 Å². The van der Waals surface area contributed by atoms with Gasteiger partial charge in [0.2, 0.25) is 5.82 Å². The smallest absolute Gasteiger partial charge is 0.326 e. The first kappa shape index (κ1) is 23.3. The van der Waals surface area contributed by atoms with Crippen LogP contribution in [0.5, 0.6) is 5.75 Å². The number of anilines is 1. The summed E-state index contributed by atoms with van der Waals surface area (Å²) in [6.45, 7) is 6.32. The van der Waals surface area contributed by atoms with Crippen molar-refractivity contribution in [3.8, 4) is 17.1 Å². The number of ether oxygens (including phenoxy) is 1. The number of urea groups is 1. The summed E-state index contributed by atoms with van der Waals surface area (Å²) in [6.07, 6.45) is 0. The first-order valence-electron chi connectivity index (χ1n) is 11.7. The fraction of sp³-hybridized carbons (Fsp3) is 0.179. The maximum Gasteiger partial charge on any atom is 0.326 e. The molecule has 0 aliphatic carbocycles. The molecule has 1 atom stereocenters. The molecule has 36 heavy (non-hydrogen) atoms. The van der Waals surface area contributed by atoms with Crippen LogP contribution in [0.1, 0.15) is 36.9 Å². The molecule has 2 heterocycles. The van der Waals surface area contributed by atoms with E-state index in [2.05, 4.69) is 15.5 Å². The molecule has 0 spiro atoms. The quantitative estimate of drug-likeness (QED) is 0.348. The van der Waals surface area contributed by atoms with Gasteiger partial charge in [-0.3, -0.25) is 4.90 Å². The van der Waals surface area contributed by atoms with Gasteiger partial charge < -0.3 is 14.6 Å². The Labute approximate surface area is 208 Å². The summed E-state index contributed by atoms with van der Waals surface area (Å²) in [5.41, 5.74) is 4.55. The Balaban J connectivity index is 1.62. The summed E-state index contributed by atoms with van der Waals surface area (Å²) in [5, 5.41) is 7.23. The molecule has 182 valence electrons. The Morgan fingerprint density at radius 2 is 1.81 bits per heavy atom. The molecule has 0 fully saturated rings. The predicted molar refractivity (Wildman–Crippen MR) is 135 cm³/mol. The summed E-state index contributed by atoms with van der Waals surface area (Å²) in [7, 11) is 0. The van der Waals surface area contributed by atoms with Gasteiger partial charge in [-0.1, -0.05) is 29.4 Å². The monoisotopic (exact) mass is 484 g/mol. The highest BCUT2D eigenvalue weighted by atomic mass is 19.1. The second kappa shape index (κ2) is 9.65. The van der Waals surface area contributed by atoms with Gasteiger partial charge in [0, 0.05) is 11.3 Å². The second-order valence-corrected chi connectivity index (χ2v) is 8.49. The van der Waals surface area contributed by atoms with E-state index in [4.69, 9.17) is 9.26 Å². The number of aryl methyl sites for hydroxylation is 1. The van der Waals surface area contributed by atoms with Crippen LogP contribution in [-0.4, -0.2) is 22.8 Å². The van der Waals surface area contributed by atoms with Crippen LogP contribution in [0.25, 0.3) is 17.0 Å². The zero-order valence-electron chi connectivity index (χ0n) is 20.2. The van der Waals surface area contributed by atoms with Gasteiger partial charge in [-0.25, -0.2) is 9.18 Å². The van der Waals surface area contributed by atoms with E-state index in [1.165, 1.54) is 12.1 Å². The standard InChI is InChI=1S/C28H25FN4O3/c1-4-35-23-14-10-19(11-15-23)25-24(27-31-26(32-36-27)20-8-12-21(29)13-9-20)18(3)33(28(34)30-25)22-7-5-6-17(2)16-22/h5-16,25H,4H2,1-3H3,(H,30,34). The molecule has 1 unspecified atom stereocenters. The van der Waals surface area contributed by atoms with Crippen molar-refractivity contribution in [2.45, 2.75) is 26.8 Å². The van der Waals surface area contributed by atoms with Crippen LogP contribution in [-0.2, 0) is 0 Å². The molecule has 0 radical (unpaired) electrons. The topological polar surface area (TPSA) is 80.5 Å². The number of nitrogens with zero attached hydrogens (tertiary/aromatic N) is 3. The molecule has 1 aliphatic rings. The van der Waals surface area contributed by atoms with Gasteiger partial charge in [-0.05, 0) is 80.4 Å². The van der Waals surface area contributed by atoms with Crippen LogP contribution in [0.2, 0.25) is 0 Å². The van der Waals surface area contributed by atoms with Crippen LogP contribution in [0, 0.1) is 12.7 Å². The molecule has 1 aliphatic heterocycles. The lowest BCUT2D eigenvalue weighted by molar-refractivity contribution is 0.244. The van der Waals surface area contributed by atoms with Crippen molar-refractivity contribution in [2.75, 3.05) is 11.5 Å². The zero-order chi connectivity index (χ0) is 25.2. The highest BCUT2D eigenvalue weighted by molar-refractivity contribution is 6.01. The lowest BCUT2D eigenvalue weighted by Crippen LogP contribution is -2.46. The number of carbonyl (C=O) groups excluding carboxylic acids is 1. The van der Waals surface area contributed by atoms with E-state index in [-0.39, 0.29) is 17.7 Å². The number of aromatic nitrogens is 2. The molecule has 1 N–H and O–H groups in total. The number of halogens is 1. The highest BCUT2D eigenvalue weighted by Crippen LogP contribution is 2.39. The molecule has 0 bridgehead atoms. The minimum Gasteiger partial charge on any atom is -0.494 e. The van der Waals surface area contributed by atoms with E-state index in [0.29, 0.717) is 29.3 Å². The van der Waals surface area contributed by atoms with Crippen molar-refractivity contribution in [1.29, 1.82) is 0 Å². The number of hydrogen-bond acceptors (Lipinski definition) is 5. The fourth-order valence-corrected chi connectivity index (χ4v) is 4.32. The Morgan fingerprint density at radius 1 is 1.06 bits per heavy atom. The van der Waals surface area contributed by atoms with Crippen molar-refractivity contribution < 1.29 is 18.4 Å². The maximum atomic E-state index is 13.4. The molecule has 8 heteroatoms. The number of rotatable bonds is 6. The van der Waals surface area contributed by atoms with Crippen LogP contribution >= 0.6 is 0 Å². The van der Waals surface area contributed by atoms with Gasteiger partial charge in [-0.2, -0.15) is 4.98 Å². The van der Waals surface area contributed by atoms with Gasteiger partial charge in [-0.15, -0.1) is 0 Å². The maximum absolute atomic E-state index is 13.4. The summed E-state index contributed by atoms with van der Waals surface area (Å²) in [4.78, 5) is 19.6. The average Bonchev–Trinajstić information content (AvgIpc) is 3.34. The van der Waals surface area contributed by atoms with Crippen molar-refractivity contribution in [2.24, 2.45) is 0 Å². The first-order valence-corrected chi connectivity index (χ1v) is 11.7. The van der Waals surface area contributed by atoms with Gasteiger partial charge in [0.05, 0.1) is 23.9 Å². The molecular weight excluding hydrogens is 459 g/mol. The molecule has 1 aromatic heterocycles. The molecular formula is C28H25FN4O3. The predicted octanol–water partition coefficient (Wildman–Crippen LogP) is 6.28. The van der Waals surface area contributed by atoms with E-state index >= 15 is 0 Å². The van der Waals surface area contributed by atoms with Crippen LogP contribution in [0.3, 0.4) is 0 Å². The molecule has 0 saturated heterocycles. The minimum absolute atomic E-state index is 0.265. The summed E-state index contributed by atoms with van der Waals surface area (Å²) >= 11 is 0. The number of benzene rings is 3. The van der Waals surface area contributed by atoms with Crippen molar-refractivity contribution in [3.63, 3.8) is 0 Å². The molecule has 0 saturated carbocycles. The van der Waals surface area contributed by atoms with Gasteiger partial charge in [0.1, 0.15) is 11.6 Å².